The Morgan fingerprint density at radius 1 is 1.30 bits per heavy atom. The molecule has 1 aliphatic rings. The minimum Gasteiger partial charge on any atom is -0.0854 e. The molecule has 0 N–H and O–H groups in total. The largest absolute Gasteiger partial charge is 0.0854 e. The molecule has 1 rings (SSSR count). The van der Waals surface area contributed by atoms with Gasteiger partial charge in [-0.15, -0.1) is 0 Å². The van der Waals surface area contributed by atoms with Crippen molar-refractivity contribution in [3.05, 3.63) is 12.2 Å². The lowest BCUT2D eigenvalue weighted by molar-refractivity contribution is 0.450. The molecule has 0 aromatic heterocycles. The third-order valence-corrected chi connectivity index (χ3v) is 2.36. The van der Waals surface area contributed by atoms with Crippen molar-refractivity contribution in [3.8, 4) is 0 Å². The standard InChI is InChI=1S/C10H18/c1-3-4-10-7-5-9(2)6-8-10/h5,7,9-10H,3-4,6,8H2,1-2H3/t9-,10?/m0/s1. The zero-order valence-electron chi connectivity index (χ0n) is 7.14. The van der Waals surface area contributed by atoms with Crippen molar-refractivity contribution in [1.82, 2.24) is 0 Å². The van der Waals surface area contributed by atoms with Gasteiger partial charge in [0.1, 0.15) is 0 Å². The maximum Gasteiger partial charge on any atom is -0.0233 e. The van der Waals surface area contributed by atoms with Gasteiger partial charge in [0.05, 0.1) is 0 Å². The first-order valence-electron chi connectivity index (χ1n) is 4.51. The minimum absolute atomic E-state index is 0.841. The Kier molecular flexibility index (Phi) is 2.98. The molecule has 0 heteroatoms. The number of hydrogen-bond donors (Lipinski definition) is 0. The van der Waals surface area contributed by atoms with Crippen LogP contribution in [0.5, 0.6) is 0 Å². The summed E-state index contributed by atoms with van der Waals surface area (Å²) in [6, 6.07) is 0. The van der Waals surface area contributed by atoms with Crippen molar-refractivity contribution >= 4 is 0 Å². The molecular weight excluding hydrogens is 120 g/mol. The minimum atomic E-state index is 0.841. The molecule has 1 aliphatic carbocycles. The molecule has 0 amide bonds. The fraction of sp³-hybridized carbons (Fsp3) is 0.800. The van der Waals surface area contributed by atoms with E-state index in [0.717, 1.165) is 11.8 Å². The van der Waals surface area contributed by atoms with Crippen molar-refractivity contribution in [1.29, 1.82) is 0 Å². The summed E-state index contributed by atoms with van der Waals surface area (Å²) in [6.07, 6.45) is 10.3. The van der Waals surface area contributed by atoms with Gasteiger partial charge in [0, 0.05) is 0 Å². The van der Waals surface area contributed by atoms with Crippen LogP contribution in [0.25, 0.3) is 0 Å². The van der Waals surface area contributed by atoms with Crippen LogP contribution in [0, 0.1) is 11.8 Å². The molecule has 0 spiro atoms. The molecule has 0 saturated carbocycles. The Morgan fingerprint density at radius 2 is 2.10 bits per heavy atom. The molecule has 0 aromatic carbocycles. The Bertz CT molecular complexity index is 113. The fourth-order valence-corrected chi connectivity index (χ4v) is 1.63. The van der Waals surface area contributed by atoms with Gasteiger partial charge in [-0.25, -0.2) is 0 Å². The summed E-state index contributed by atoms with van der Waals surface area (Å²) in [4.78, 5) is 0. The summed E-state index contributed by atoms with van der Waals surface area (Å²) in [5.41, 5.74) is 0. The molecule has 2 atom stereocenters. The molecular formula is C10H18. The van der Waals surface area contributed by atoms with Gasteiger partial charge in [-0.3, -0.25) is 0 Å². The van der Waals surface area contributed by atoms with Gasteiger partial charge in [0.25, 0.3) is 0 Å². The predicted octanol–water partition coefficient (Wildman–Crippen LogP) is 3.39. The van der Waals surface area contributed by atoms with Crippen LogP contribution in [0.2, 0.25) is 0 Å². The highest BCUT2D eigenvalue weighted by molar-refractivity contribution is 4.96. The summed E-state index contributed by atoms with van der Waals surface area (Å²) in [7, 11) is 0. The van der Waals surface area contributed by atoms with Crippen molar-refractivity contribution in [2.45, 2.75) is 39.5 Å². The second kappa shape index (κ2) is 3.80. The summed E-state index contributed by atoms with van der Waals surface area (Å²) < 4.78 is 0. The topological polar surface area (TPSA) is 0 Å². The third kappa shape index (κ3) is 2.17. The average Bonchev–Trinajstić information content (AvgIpc) is 1.95. The lowest BCUT2D eigenvalue weighted by Gasteiger charge is -2.19. The number of rotatable bonds is 2. The van der Waals surface area contributed by atoms with E-state index in [1.807, 2.05) is 0 Å². The molecule has 0 bridgehead atoms. The van der Waals surface area contributed by atoms with Crippen molar-refractivity contribution in [3.63, 3.8) is 0 Å². The van der Waals surface area contributed by atoms with Crippen LogP contribution in [-0.2, 0) is 0 Å². The summed E-state index contributed by atoms with van der Waals surface area (Å²) in [6.45, 7) is 4.57. The van der Waals surface area contributed by atoms with Crippen molar-refractivity contribution in [2.75, 3.05) is 0 Å². The monoisotopic (exact) mass is 138 g/mol. The third-order valence-electron chi connectivity index (χ3n) is 2.36. The van der Waals surface area contributed by atoms with Crippen LogP contribution in [0.4, 0.5) is 0 Å². The van der Waals surface area contributed by atoms with Gasteiger partial charge in [-0.05, 0) is 31.1 Å². The summed E-state index contributed by atoms with van der Waals surface area (Å²) in [5, 5.41) is 0. The van der Waals surface area contributed by atoms with E-state index >= 15 is 0 Å². The normalized spacial score (nSPS) is 32.6. The van der Waals surface area contributed by atoms with E-state index in [1.165, 1.54) is 25.7 Å². The zero-order valence-corrected chi connectivity index (χ0v) is 7.14. The Morgan fingerprint density at radius 3 is 2.60 bits per heavy atom. The molecule has 0 fully saturated rings. The highest BCUT2D eigenvalue weighted by atomic mass is 14.2. The first kappa shape index (κ1) is 7.84. The maximum absolute atomic E-state index is 2.41. The van der Waals surface area contributed by atoms with Gasteiger partial charge in [-0.2, -0.15) is 0 Å². The van der Waals surface area contributed by atoms with Crippen LogP contribution in [0.1, 0.15) is 39.5 Å². The average molecular weight is 138 g/mol. The molecule has 0 saturated heterocycles. The van der Waals surface area contributed by atoms with E-state index in [9.17, 15) is 0 Å². The highest BCUT2D eigenvalue weighted by Gasteiger charge is 2.10. The quantitative estimate of drug-likeness (QED) is 0.513. The first-order chi connectivity index (χ1) is 4.83. The van der Waals surface area contributed by atoms with E-state index in [-0.39, 0.29) is 0 Å². The predicted molar refractivity (Wildman–Crippen MR) is 45.9 cm³/mol. The molecule has 10 heavy (non-hydrogen) atoms. The zero-order chi connectivity index (χ0) is 7.40. The van der Waals surface area contributed by atoms with Crippen LogP contribution in [0.3, 0.4) is 0 Å². The van der Waals surface area contributed by atoms with Crippen molar-refractivity contribution < 1.29 is 0 Å². The van der Waals surface area contributed by atoms with Crippen LogP contribution < -0.4 is 0 Å². The number of allylic oxidation sites excluding steroid dienone is 2. The molecule has 1 unspecified atom stereocenters. The highest BCUT2D eigenvalue weighted by Crippen LogP contribution is 2.24. The summed E-state index contributed by atoms with van der Waals surface area (Å²) in [5.74, 6) is 1.74. The van der Waals surface area contributed by atoms with E-state index in [4.69, 9.17) is 0 Å². The molecule has 0 radical (unpaired) electrons. The van der Waals surface area contributed by atoms with E-state index in [2.05, 4.69) is 26.0 Å². The van der Waals surface area contributed by atoms with Gasteiger partial charge >= 0.3 is 0 Å². The Balaban J connectivity index is 2.30. The number of hydrogen-bond acceptors (Lipinski definition) is 0. The second-order valence-electron chi connectivity index (χ2n) is 3.49. The van der Waals surface area contributed by atoms with Crippen LogP contribution in [0.15, 0.2) is 12.2 Å². The lowest BCUT2D eigenvalue weighted by atomic mass is 9.87. The molecule has 0 aromatic rings. The molecule has 0 nitrogen and oxygen atoms in total. The molecule has 58 valence electrons. The Hall–Kier alpha value is -0.260. The first-order valence-corrected chi connectivity index (χ1v) is 4.51. The smallest absolute Gasteiger partial charge is 0.0233 e. The van der Waals surface area contributed by atoms with E-state index in [0.29, 0.717) is 0 Å². The molecule has 0 aliphatic heterocycles. The lowest BCUT2D eigenvalue weighted by Crippen LogP contribution is -2.05. The second-order valence-corrected chi connectivity index (χ2v) is 3.49. The fourth-order valence-electron chi connectivity index (χ4n) is 1.63. The van der Waals surface area contributed by atoms with Gasteiger partial charge in [0.2, 0.25) is 0 Å². The Labute approximate surface area is 64.3 Å². The van der Waals surface area contributed by atoms with Crippen molar-refractivity contribution in [2.24, 2.45) is 11.8 Å². The van der Waals surface area contributed by atoms with E-state index in [1.54, 1.807) is 0 Å². The van der Waals surface area contributed by atoms with Gasteiger partial charge in [0.15, 0.2) is 0 Å². The van der Waals surface area contributed by atoms with E-state index < -0.39 is 0 Å². The summed E-state index contributed by atoms with van der Waals surface area (Å²) >= 11 is 0. The molecule has 0 heterocycles. The maximum atomic E-state index is 2.41. The van der Waals surface area contributed by atoms with Gasteiger partial charge < -0.3 is 0 Å². The van der Waals surface area contributed by atoms with Crippen LogP contribution >= 0.6 is 0 Å². The SMILES string of the molecule is CCCC1C=C[C@H](C)CC1. The van der Waals surface area contributed by atoms with Gasteiger partial charge in [-0.1, -0.05) is 32.4 Å². The van der Waals surface area contributed by atoms with Crippen LogP contribution in [-0.4, -0.2) is 0 Å².